The van der Waals surface area contributed by atoms with Crippen LogP contribution in [0.4, 0.5) is 0 Å². The van der Waals surface area contributed by atoms with Crippen LogP contribution in [0.25, 0.3) is 0 Å². The van der Waals surface area contributed by atoms with E-state index in [4.69, 9.17) is 9.47 Å². The van der Waals surface area contributed by atoms with Crippen LogP contribution in [0.3, 0.4) is 0 Å². The molecule has 0 unspecified atom stereocenters. The second-order valence-electron chi connectivity index (χ2n) is 7.61. The molecule has 0 heterocycles. The number of methoxy groups -OCH3 is 2. The summed E-state index contributed by atoms with van der Waals surface area (Å²) in [5.41, 5.74) is 0.441. The number of ketones is 2. The average molecular weight is 441 g/mol. The molecular weight excluding hydrogens is 416 g/mol. The topological polar surface area (TPSA) is 52.6 Å². The van der Waals surface area contributed by atoms with E-state index >= 15 is 0 Å². The Labute approximate surface area is 188 Å². The lowest BCUT2D eigenvalue weighted by Crippen LogP contribution is -2.67. The molecule has 0 bridgehead atoms. The van der Waals surface area contributed by atoms with Crippen molar-refractivity contribution in [2.45, 2.75) is 6.04 Å². The monoisotopic (exact) mass is 440 g/mol. The van der Waals surface area contributed by atoms with E-state index in [9.17, 15) is 9.59 Å². The Balaban J connectivity index is 1.96. The molecule has 160 valence electrons. The van der Waals surface area contributed by atoms with E-state index in [1.54, 1.807) is 0 Å². The molecule has 0 saturated carbocycles. The molecule has 1 aliphatic rings. The van der Waals surface area contributed by atoms with Crippen LogP contribution in [0.5, 0.6) is 0 Å². The van der Waals surface area contributed by atoms with Gasteiger partial charge in [-0.25, -0.2) is 0 Å². The molecular formula is C27H24O4Si. The van der Waals surface area contributed by atoms with E-state index in [2.05, 4.69) is 36.4 Å². The minimum absolute atomic E-state index is 0.0351. The zero-order valence-electron chi connectivity index (χ0n) is 18.1. The highest BCUT2D eigenvalue weighted by Gasteiger charge is 2.43. The molecule has 0 saturated heterocycles. The van der Waals surface area contributed by atoms with Gasteiger partial charge in [-0.1, -0.05) is 91.0 Å². The standard InChI is InChI=1S/C27H24O4Si/c1-30-26-24(28)18-20(25(29)27(26)31-2)19-32(21-12-6-3-7-13-21,22-14-8-4-9-15-22)23-16-10-5-11-17-23/h3-18H,19H2,1-2H3. The van der Waals surface area contributed by atoms with Crippen molar-refractivity contribution in [1.29, 1.82) is 0 Å². The molecule has 0 spiro atoms. The van der Waals surface area contributed by atoms with Gasteiger partial charge >= 0.3 is 0 Å². The summed E-state index contributed by atoms with van der Waals surface area (Å²) < 4.78 is 10.5. The van der Waals surface area contributed by atoms with Gasteiger partial charge in [0, 0.05) is 5.57 Å². The van der Waals surface area contributed by atoms with Gasteiger partial charge < -0.3 is 9.47 Å². The molecule has 0 aliphatic heterocycles. The van der Waals surface area contributed by atoms with Crippen LogP contribution >= 0.6 is 0 Å². The fourth-order valence-electron chi connectivity index (χ4n) is 4.42. The van der Waals surface area contributed by atoms with Crippen molar-refractivity contribution in [3.63, 3.8) is 0 Å². The summed E-state index contributed by atoms with van der Waals surface area (Å²) in [5, 5.41) is 3.50. The van der Waals surface area contributed by atoms with Crippen LogP contribution in [-0.4, -0.2) is 33.9 Å². The smallest absolute Gasteiger partial charge is 0.227 e. The molecule has 3 aromatic carbocycles. The summed E-state index contributed by atoms with van der Waals surface area (Å²) in [6, 6.07) is 31.3. The van der Waals surface area contributed by atoms with Gasteiger partial charge in [0.1, 0.15) is 0 Å². The number of ether oxygens (including phenoxy) is 2. The van der Waals surface area contributed by atoms with E-state index in [1.165, 1.54) is 35.9 Å². The van der Waals surface area contributed by atoms with E-state index in [0.29, 0.717) is 11.6 Å². The first-order valence-electron chi connectivity index (χ1n) is 10.4. The molecule has 4 rings (SSSR count). The van der Waals surface area contributed by atoms with Crippen LogP contribution in [0.15, 0.2) is 114 Å². The van der Waals surface area contributed by atoms with Gasteiger partial charge in [0.2, 0.25) is 23.1 Å². The maximum absolute atomic E-state index is 13.4. The third-order valence-corrected chi connectivity index (χ3v) is 10.8. The number of Topliss-reactive ketones (excluding diaryl/α,β-unsaturated/α-hetero) is 1. The molecule has 0 amide bonds. The Morgan fingerprint density at radius 3 is 1.41 bits per heavy atom. The van der Waals surface area contributed by atoms with Gasteiger partial charge in [-0.05, 0) is 27.7 Å². The number of carbonyl (C=O) groups excluding carboxylic acids is 2. The van der Waals surface area contributed by atoms with E-state index in [0.717, 1.165) is 0 Å². The number of allylic oxidation sites excluding steroid dienone is 2. The van der Waals surface area contributed by atoms with Gasteiger partial charge in [0.05, 0.1) is 14.2 Å². The third-order valence-electron chi connectivity index (χ3n) is 5.90. The molecule has 32 heavy (non-hydrogen) atoms. The zero-order valence-corrected chi connectivity index (χ0v) is 19.1. The third kappa shape index (κ3) is 3.72. The fourth-order valence-corrected chi connectivity index (χ4v) is 9.15. The molecule has 4 nitrogen and oxygen atoms in total. The van der Waals surface area contributed by atoms with Crippen molar-refractivity contribution in [3.8, 4) is 0 Å². The first-order chi connectivity index (χ1) is 15.6. The maximum Gasteiger partial charge on any atom is 0.227 e. The second kappa shape index (κ2) is 9.20. The van der Waals surface area contributed by atoms with Crippen molar-refractivity contribution in [1.82, 2.24) is 0 Å². The predicted molar refractivity (Wildman–Crippen MR) is 128 cm³/mol. The number of hydrogen-bond donors (Lipinski definition) is 0. The molecule has 0 fully saturated rings. The summed E-state index contributed by atoms with van der Waals surface area (Å²) in [7, 11) is 0.0405. The predicted octanol–water partition coefficient (Wildman–Crippen LogP) is 2.74. The van der Waals surface area contributed by atoms with Crippen LogP contribution in [0.2, 0.25) is 6.04 Å². The largest absolute Gasteiger partial charge is 0.490 e. The Kier molecular flexibility index (Phi) is 6.19. The van der Waals surface area contributed by atoms with Gasteiger partial charge in [0.25, 0.3) is 0 Å². The first kappa shape index (κ1) is 21.5. The highest BCUT2D eigenvalue weighted by atomic mass is 28.3. The number of carbonyl (C=O) groups is 2. The second-order valence-corrected chi connectivity index (χ2v) is 11.5. The zero-order chi connectivity index (χ0) is 22.6. The van der Waals surface area contributed by atoms with Crippen molar-refractivity contribution < 1.29 is 19.1 Å². The highest BCUT2D eigenvalue weighted by Crippen LogP contribution is 2.27. The van der Waals surface area contributed by atoms with Gasteiger partial charge in [-0.3, -0.25) is 9.59 Å². The summed E-state index contributed by atoms with van der Waals surface area (Å²) in [6.07, 6.45) is 1.42. The van der Waals surface area contributed by atoms with E-state index in [-0.39, 0.29) is 23.1 Å². The van der Waals surface area contributed by atoms with Gasteiger partial charge in [0.15, 0.2) is 8.07 Å². The molecule has 1 aliphatic carbocycles. The Hall–Kier alpha value is -3.70. The summed E-state index contributed by atoms with van der Waals surface area (Å²) in [6.45, 7) is 0. The summed E-state index contributed by atoms with van der Waals surface area (Å²) >= 11 is 0. The number of benzene rings is 3. The lowest BCUT2D eigenvalue weighted by Gasteiger charge is -2.35. The molecule has 0 radical (unpaired) electrons. The molecule has 3 aromatic rings. The van der Waals surface area contributed by atoms with E-state index in [1.807, 2.05) is 54.6 Å². The lowest BCUT2D eigenvalue weighted by molar-refractivity contribution is -0.120. The van der Waals surface area contributed by atoms with Crippen molar-refractivity contribution in [3.05, 3.63) is 114 Å². The summed E-state index contributed by atoms with van der Waals surface area (Å²) in [5.74, 6) is -0.737. The Morgan fingerprint density at radius 1 is 0.625 bits per heavy atom. The number of rotatable bonds is 7. The lowest BCUT2D eigenvalue weighted by atomic mass is 10.0. The van der Waals surface area contributed by atoms with E-state index < -0.39 is 8.07 Å². The number of hydrogen-bond acceptors (Lipinski definition) is 4. The molecule has 0 N–H and O–H groups in total. The van der Waals surface area contributed by atoms with Crippen LogP contribution in [0.1, 0.15) is 0 Å². The van der Waals surface area contributed by atoms with Crippen molar-refractivity contribution in [2.24, 2.45) is 0 Å². The van der Waals surface area contributed by atoms with Crippen LogP contribution in [0, 0.1) is 0 Å². The maximum atomic E-state index is 13.4. The summed E-state index contributed by atoms with van der Waals surface area (Å²) in [4.78, 5) is 26.2. The molecule has 0 aromatic heterocycles. The van der Waals surface area contributed by atoms with Crippen LogP contribution < -0.4 is 15.6 Å². The Morgan fingerprint density at radius 2 is 1.03 bits per heavy atom. The fraction of sp³-hybridized carbons (Fsp3) is 0.111. The molecule has 5 heteroatoms. The van der Waals surface area contributed by atoms with Gasteiger partial charge in [-0.2, -0.15) is 0 Å². The quantitative estimate of drug-likeness (QED) is 0.322. The van der Waals surface area contributed by atoms with Gasteiger partial charge in [-0.15, -0.1) is 0 Å². The molecule has 0 atom stereocenters. The highest BCUT2D eigenvalue weighted by molar-refractivity contribution is 7.12. The minimum atomic E-state index is -2.72. The minimum Gasteiger partial charge on any atom is -0.490 e. The van der Waals surface area contributed by atoms with Crippen LogP contribution in [-0.2, 0) is 19.1 Å². The SMILES string of the molecule is COC1=C(OC)C(=O)C(C[Si](c2ccccc2)(c2ccccc2)c2ccccc2)=CC1=O. The normalized spacial score (nSPS) is 14.2. The van der Waals surface area contributed by atoms with Crippen molar-refractivity contribution >= 4 is 35.2 Å². The Bertz CT molecular complexity index is 1090. The first-order valence-corrected chi connectivity index (χ1v) is 12.6. The van der Waals surface area contributed by atoms with Crippen molar-refractivity contribution in [2.75, 3.05) is 14.2 Å². The average Bonchev–Trinajstić information content (AvgIpc) is 2.85.